The number of hydrogen-bond donors (Lipinski definition) is 2. The Kier molecular flexibility index (Phi) is 3.33. The molecule has 1 amide bonds. The van der Waals surface area contributed by atoms with Crippen molar-refractivity contribution < 1.29 is 14.8 Å². The summed E-state index contributed by atoms with van der Waals surface area (Å²) in [5, 5.41) is 20.2. The van der Waals surface area contributed by atoms with Gasteiger partial charge in [-0.15, -0.1) is 0 Å². The van der Waals surface area contributed by atoms with Crippen molar-refractivity contribution in [2.75, 3.05) is 13.1 Å². The smallest absolute Gasteiger partial charge is 0.321 e. The summed E-state index contributed by atoms with van der Waals surface area (Å²) in [5.74, 6) is -0.342. The molecular formula is C11H15N3O4. The van der Waals surface area contributed by atoms with Crippen LogP contribution in [0.25, 0.3) is 0 Å². The van der Waals surface area contributed by atoms with Crippen molar-refractivity contribution in [3.05, 3.63) is 27.9 Å². The van der Waals surface area contributed by atoms with Crippen LogP contribution in [-0.4, -0.2) is 45.0 Å². The monoisotopic (exact) mass is 253 g/mol. The highest BCUT2D eigenvalue weighted by molar-refractivity contribution is 5.93. The predicted molar refractivity (Wildman–Crippen MR) is 63.1 cm³/mol. The number of aliphatic hydroxyl groups is 1. The topological polar surface area (TPSA) is 99.5 Å². The third-order valence-electron chi connectivity index (χ3n) is 3.30. The van der Waals surface area contributed by atoms with E-state index in [1.807, 2.05) is 6.92 Å². The molecule has 2 N–H and O–H groups in total. The van der Waals surface area contributed by atoms with E-state index in [0.717, 1.165) is 6.42 Å². The maximum Gasteiger partial charge on any atom is 0.321 e. The second kappa shape index (κ2) is 4.77. The number of nitro groups is 1. The first-order chi connectivity index (χ1) is 8.49. The van der Waals surface area contributed by atoms with Crippen molar-refractivity contribution in [2.45, 2.75) is 19.4 Å². The molecule has 0 bridgehead atoms. The quantitative estimate of drug-likeness (QED) is 0.600. The SMILES string of the molecule is CC1CCN(C(=O)c2ccc([N+](=O)[O-])[nH]2)CC1O. The molecule has 0 radical (unpaired) electrons. The number of H-pyrrole nitrogens is 1. The van der Waals surface area contributed by atoms with E-state index in [1.54, 1.807) is 0 Å². The molecule has 98 valence electrons. The Morgan fingerprint density at radius 2 is 2.33 bits per heavy atom. The van der Waals surface area contributed by atoms with Gasteiger partial charge in [-0.05, 0) is 23.3 Å². The van der Waals surface area contributed by atoms with E-state index in [-0.39, 0.29) is 29.9 Å². The van der Waals surface area contributed by atoms with Crippen molar-refractivity contribution >= 4 is 11.7 Å². The largest absolute Gasteiger partial charge is 0.391 e. The normalized spacial score (nSPS) is 24.0. The van der Waals surface area contributed by atoms with Crippen LogP contribution in [0.3, 0.4) is 0 Å². The Morgan fingerprint density at radius 1 is 1.61 bits per heavy atom. The van der Waals surface area contributed by atoms with Gasteiger partial charge in [0.2, 0.25) is 0 Å². The molecule has 2 rings (SSSR count). The fourth-order valence-electron chi connectivity index (χ4n) is 2.02. The fraction of sp³-hybridized carbons (Fsp3) is 0.545. The van der Waals surface area contributed by atoms with E-state index in [4.69, 9.17) is 0 Å². The number of β-amino-alcohol motifs (C(OH)–C–C–N with tert-alkyl or cyclic N) is 1. The number of hydrogen-bond acceptors (Lipinski definition) is 4. The zero-order valence-corrected chi connectivity index (χ0v) is 10.00. The number of nitrogens with zero attached hydrogens (tertiary/aromatic N) is 2. The first kappa shape index (κ1) is 12.6. The first-order valence-corrected chi connectivity index (χ1v) is 5.80. The molecule has 2 atom stereocenters. The van der Waals surface area contributed by atoms with E-state index in [0.29, 0.717) is 6.54 Å². The Hall–Kier alpha value is -1.89. The standard InChI is InChI=1S/C11H15N3O4/c1-7-4-5-13(6-9(7)15)11(16)8-2-3-10(12-8)14(17)18/h2-3,7,9,12,15H,4-6H2,1H3. The average Bonchev–Trinajstić information content (AvgIpc) is 2.81. The number of aromatic amines is 1. The van der Waals surface area contributed by atoms with Gasteiger partial charge in [0, 0.05) is 19.2 Å². The molecule has 18 heavy (non-hydrogen) atoms. The minimum absolute atomic E-state index is 0.173. The van der Waals surface area contributed by atoms with Crippen molar-refractivity contribution in [2.24, 2.45) is 5.92 Å². The number of aromatic nitrogens is 1. The summed E-state index contributed by atoms with van der Waals surface area (Å²) in [6.07, 6.45) is 0.197. The van der Waals surface area contributed by atoms with E-state index in [1.165, 1.54) is 17.0 Å². The fourth-order valence-corrected chi connectivity index (χ4v) is 2.02. The summed E-state index contributed by atoms with van der Waals surface area (Å²) >= 11 is 0. The van der Waals surface area contributed by atoms with Gasteiger partial charge in [-0.2, -0.15) is 0 Å². The first-order valence-electron chi connectivity index (χ1n) is 5.80. The molecule has 0 saturated carbocycles. The molecule has 0 aromatic carbocycles. The number of aliphatic hydroxyl groups excluding tert-OH is 1. The summed E-state index contributed by atoms with van der Waals surface area (Å²) in [6, 6.07) is 2.65. The number of amides is 1. The maximum absolute atomic E-state index is 12.0. The molecule has 1 fully saturated rings. The van der Waals surface area contributed by atoms with Crippen LogP contribution in [0.4, 0.5) is 5.82 Å². The lowest BCUT2D eigenvalue weighted by molar-refractivity contribution is -0.389. The molecule has 1 aliphatic heterocycles. The Labute approximate surface area is 104 Å². The van der Waals surface area contributed by atoms with Gasteiger partial charge in [-0.1, -0.05) is 6.92 Å². The third-order valence-corrected chi connectivity index (χ3v) is 3.30. The van der Waals surface area contributed by atoms with Gasteiger partial charge in [0.15, 0.2) is 5.69 Å². The summed E-state index contributed by atoms with van der Waals surface area (Å²) in [7, 11) is 0. The highest BCUT2D eigenvalue weighted by atomic mass is 16.6. The highest BCUT2D eigenvalue weighted by Crippen LogP contribution is 2.19. The van der Waals surface area contributed by atoms with Gasteiger partial charge in [-0.3, -0.25) is 4.79 Å². The van der Waals surface area contributed by atoms with Crippen molar-refractivity contribution in [1.82, 2.24) is 9.88 Å². The summed E-state index contributed by atoms with van der Waals surface area (Å²) in [5.41, 5.74) is 0.184. The number of rotatable bonds is 2. The second-order valence-electron chi connectivity index (χ2n) is 4.60. The van der Waals surface area contributed by atoms with E-state index in [9.17, 15) is 20.0 Å². The molecule has 7 nitrogen and oxygen atoms in total. The lowest BCUT2D eigenvalue weighted by Crippen LogP contribution is -2.45. The molecule has 0 aliphatic carbocycles. The van der Waals surface area contributed by atoms with Crippen LogP contribution in [0.2, 0.25) is 0 Å². The lowest BCUT2D eigenvalue weighted by atomic mass is 9.96. The number of piperidine rings is 1. The molecule has 1 aromatic heterocycles. The van der Waals surface area contributed by atoms with Crippen LogP contribution in [0.15, 0.2) is 12.1 Å². The van der Waals surface area contributed by atoms with Gasteiger partial charge in [0.1, 0.15) is 0 Å². The highest BCUT2D eigenvalue weighted by Gasteiger charge is 2.29. The number of carbonyl (C=O) groups excluding carboxylic acids is 1. The Bertz CT molecular complexity index is 471. The third kappa shape index (κ3) is 2.35. The molecule has 2 heterocycles. The van der Waals surface area contributed by atoms with Gasteiger partial charge in [0.05, 0.1) is 6.10 Å². The van der Waals surface area contributed by atoms with Gasteiger partial charge < -0.3 is 20.1 Å². The minimum atomic E-state index is -0.579. The number of carbonyl (C=O) groups is 1. The predicted octanol–water partition coefficient (Wildman–Crippen LogP) is 0.766. The molecule has 7 heteroatoms. The minimum Gasteiger partial charge on any atom is -0.391 e. The van der Waals surface area contributed by atoms with Gasteiger partial charge in [0.25, 0.3) is 5.91 Å². The molecule has 1 saturated heterocycles. The number of nitrogens with one attached hydrogen (secondary N) is 1. The van der Waals surface area contributed by atoms with Crippen molar-refractivity contribution in [3.8, 4) is 0 Å². The maximum atomic E-state index is 12.0. The second-order valence-corrected chi connectivity index (χ2v) is 4.60. The summed E-state index contributed by atoms with van der Waals surface area (Å²) in [4.78, 5) is 26.0. The van der Waals surface area contributed by atoms with Crippen LogP contribution in [0, 0.1) is 16.0 Å². The Morgan fingerprint density at radius 3 is 2.89 bits per heavy atom. The zero-order chi connectivity index (χ0) is 13.3. The number of likely N-dealkylation sites (tertiary alicyclic amines) is 1. The van der Waals surface area contributed by atoms with Gasteiger partial charge in [-0.25, -0.2) is 4.98 Å². The van der Waals surface area contributed by atoms with Crippen LogP contribution in [0.5, 0.6) is 0 Å². The van der Waals surface area contributed by atoms with Gasteiger partial charge >= 0.3 is 5.82 Å². The molecule has 2 unspecified atom stereocenters. The van der Waals surface area contributed by atoms with Crippen molar-refractivity contribution in [1.29, 1.82) is 0 Å². The Balaban J connectivity index is 2.09. The van der Waals surface area contributed by atoms with Crippen LogP contribution >= 0.6 is 0 Å². The van der Waals surface area contributed by atoms with E-state index in [2.05, 4.69) is 4.98 Å². The van der Waals surface area contributed by atoms with E-state index < -0.39 is 11.0 Å². The molecule has 1 aliphatic rings. The summed E-state index contributed by atoms with van der Waals surface area (Å²) in [6.45, 7) is 2.77. The van der Waals surface area contributed by atoms with Crippen LogP contribution in [0.1, 0.15) is 23.8 Å². The zero-order valence-electron chi connectivity index (χ0n) is 10.00. The molecular weight excluding hydrogens is 238 g/mol. The average molecular weight is 253 g/mol. The van der Waals surface area contributed by atoms with E-state index >= 15 is 0 Å². The molecule has 0 spiro atoms. The van der Waals surface area contributed by atoms with Crippen molar-refractivity contribution in [3.63, 3.8) is 0 Å². The van der Waals surface area contributed by atoms with Crippen LogP contribution in [-0.2, 0) is 0 Å². The lowest BCUT2D eigenvalue weighted by Gasteiger charge is -2.33. The van der Waals surface area contributed by atoms with Crippen LogP contribution < -0.4 is 0 Å². The molecule has 1 aromatic rings. The summed E-state index contributed by atoms with van der Waals surface area (Å²) < 4.78 is 0.